The minimum absolute atomic E-state index is 0.601. The Labute approximate surface area is 126 Å². The molecule has 21 heavy (non-hydrogen) atoms. The molecule has 0 fully saturated rings. The third-order valence-corrected chi connectivity index (χ3v) is 4.67. The zero-order chi connectivity index (χ0) is 14.4. The first-order chi connectivity index (χ1) is 10.3. The van der Waals surface area contributed by atoms with Crippen molar-refractivity contribution in [1.29, 1.82) is 0 Å². The van der Waals surface area contributed by atoms with Gasteiger partial charge in [0.1, 0.15) is 5.75 Å². The van der Waals surface area contributed by atoms with E-state index < -0.39 is 0 Å². The molecule has 3 aromatic rings. The second-order valence-corrected chi connectivity index (χ2v) is 6.11. The number of hydrogen-bond acceptors (Lipinski definition) is 5. The van der Waals surface area contributed by atoms with Crippen molar-refractivity contribution in [3.8, 4) is 17.0 Å². The van der Waals surface area contributed by atoms with Crippen molar-refractivity contribution in [2.75, 3.05) is 12.8 Å². The van der Waals surface area contributed by atoms with Gasteiger partial charge in [-0.1, -0.05) is 0 Å². The number of methoxy groups -OCH3 is 1. The number of nitrogens with zero attached hydrogens (tertiary/aromatic N) is 2. The minimum atomic E-state index is 0.601. The van der Waals surface area contributed by atoms with Gasteiger partial charge < -0.3 is 10.5 Å². The first kappa shape index (κ1) is 12.6. The highest BCUT2D eigenvalue weighted by Gasteiger charge is 2.22. The molecule has 0 saturated heterocycles. The third-order valence-electron chi connectivity index (χ3n) is 4.00. The summed E-state index contributed by atoms with van der Waals surface area (Å²) < 4.78 is 5.37. The summed E-state index contributed by atoms with van der Waals surface area (Å²) >= 11 is 1.48. The van der Waals surface area contributed by atoms with Crippen LogP contribution >= 0.6 is 11.3 Å². The van der Waals surface area contributed by atoms with Crippen molar-refractivity contribution >= 4 is 27.4 Å². The summed E-state index contributed by atoms with van der Waals surface area (Å²) in [6.45, 7) is 0. The molecule has 0 saturated carbocycles. The van der Waals surface area contributed by atoms with Crippen molar-refractivity contribution in [2.24, 2.45) is 0 Å². The molecule has 0 amide bonds. The summed E-state index contributed by atoms with van der Waals surface area (Å²) in [6.07, 6.45) is 3.26. The maximum atomic E-state index is 5.83. The van der Waals surface area contributed by atoms with Gasteiger partial charge in [-0.25, -0.2) is 4.98 Å². The monoisotopic (exact) mass is 297 g/mol. The van der Waals surface area contributed by atoms with Crippen LogP contribution in [0.2, 0.25) is 0 Å². The number of nitrogens with two attached hydrogens (primary N) is 1. The molecule has 1 aliphatic carbocycles. The molecule has 1 aliphatic rings. The zero-order valence-corrected chi connectivity index (χ0v) is 12.5. The molecule has 4 nitrogen and oxygen atoms in total. The van der Waals surface area contributed by atoms with Crippen LogP contribution < -0.4 is 10.5 Å². The largest absolute Gasteiger partial charge is 0.497 e. The van der Waals surface area contributed by atoms with Crippen molar-refractivity contribution in [2.45, 2.75) is 19.3 Å². The van der Waals surface area contributed by atoms with Crippen molar-refractivity contribution in [3.63, 3.8) is 0 Å². The number of hydrogen-bond donors (Lipinski definition) is 1. The highest BCUT2D eigenvalue weighted by Crippen LogP contribution is 2.38. The van der Waals surface area contributed by atoms with Crippen LogP contribution in [0.25, 0.3) is 22.2 Å². The minimum Gasteiger partial charge on any atom is -0.497 e. The van der Waals surface area contributed by atoms with Crippen LogP contribution in [0.4, 0.5) is 5.13 Å². The molecule has 0 aliphatic heterocycles. The van der Waals surface area contributed by atoms with Gasteiger partial charge in [0.25, 0.3) is 0 Å². The van der Waals surface area contributed by atoms with Crippen molar-refractivity contribution in [1.82, 2.24) is 9.97 Å². The molecule has 0 unspecified atom stereocenters. The number of thiazole rings is 1. The predicted octanol–water partition coefficient (Wildman–Crippen LogP) is 3.44. The SMILES string of the molecule is COc1ccc2nc3c(c(-c4csc(N)n4)c2c1)CCC3. The molecule has 0 spiro atoms. The first-order valence-electron chi connectivity index (χ1n) is 6.97. The Kier molecular flexibility index (Phi) is 2.82. The lowest BCUT2D eigenvalue weighted by Gasteiger charge is -2.11. The van der Waals surface area contributed by atoms with E-state index in [1.807, 2.05) is 23.6 Å². The summed E-state index contributed by atoms with van der Waals surface area (Å²) in [7, 11) is 1.68. The van der Waals surface area contributed by atoms with Crippen LogP contribution in [0.15, 0.2) is 23.6 Å². The molecule has 0 bridgehead atoms. The van der Waals surface area contributed by atoms with Crippen LogP contribution in [-0.4, -0.2) is 17.1 Å². The summed E-state index contributed by atoms with van der Waals surface area (Å²) in [6, 6.07) is 6.02. The number of fused-ring (bicyclic) bond motifs is 2. The van der Waals surface area contributed by atoms with E-state index in [-0.39, 0.29) is 0 Å². The van der Waals surface area contributed by atoms with Gasteiger partial charge in [0, 0.05) is 22.0 Å². The van der Waals surface area contributed by atoms with Crippen LogP contribution in [-0.2, 0) is 12.8 Å². The van der Waals surface area contributed by atoms with Crippen LogP contribution in [0.5, 0.6) is 5.75 Å². The zero-order valence-electron chi connectivity index (χ0n) is 11.7. The third kappa shape index (κ3) is 1.96. The molecule has 4 rings (SSSR count). The van der Waals surface area contributed by atoms with E-state index in [2.05, 4.69) is 4.98 Å². The van der Waals surface area contributed by atoms with Gasteiger partial charge in [0.15, 0.2) is 5.13 Å². The molecule has 2 N–H and O–H groups in total. The maximum Gasteiger partial charge on any atom is 0.180 e. The van der Waals surface area contributed by atoms with E-state index in [0.717, 1.165) is 41.6 Å². The number of pyridine rings is 1. The van der Waals surface area contributed by atoms with Gasteiger partial charge in [-0.3, -0.25) is 4.98 Å². The quantitative estimate of drug-likeness (QED) is 0.787. The van der Waals surface area contributed by atoms with E-state index in [1.165, 1.54) is 28.2 Å². The number of nitrogen functional groups attached to an aromatic ring is 1. The molecule has 2 aromatic heterocycles. The smallest absolute Gasteiger partial charge is 0.180 e. The maximum absolute atomic E-state index is 5.83. The number of rotatable bonds is 2. The van der Waals surface area contributed by atoms with E-state index in [1.54, 1.807) is 7.11 Å². The number of ether oxygens (including phenoxy) is 1. The lowest BCUT2D eigenvalue weighted by Crippen LogP contribution is -1.96. The van der Waals surface area contributed by atoms with Gasteiger partial charge in [-0.2, -0.15) is 0 Å². The fourth-order valence-electron chi connectivity index (χ4n) is 3.06. The second-order valence-electron chi connectivity index (χ2n) is 5.22. The van der Waals surface area contributed by atoms with Gasteiger partial charge >= 0.3 is 0 Å². The fraction of sp³-hybridized carbons (Fsp3) is 0.250. The molecule has 0 atom stereocenters. The Bertz CT molecular complexity index is 841. The Morgan fingerprint density at radius 1 is 1.24 bits per heavy atom. The molecule has 2 heterocycles. The van der Waals surface area contributed by atoms with Crippen molar-refractivity contribution < 1.29 is 4.74 Å². The summed E-state index contributed by atoms with van der Waals surface area (Å²) in [4.78, 5) is 9.30. The Balaban J connectivity index is 2.09. The predicted molar refractivity (Wildman–Crippen MR) is 85.8 cm³/mol. The Morgan fingerprint density at radius 2 is 2.14 bits per heavy atom. The van der Waals surface area contributed by atoms with E-state index in [4.69, 9.17) is 15.5 Å². The number of anilines is 1. The number of aryl methyl sites for hydroxylation is 1. The van der Waals surface area contributed by atoms with Crippen LogP contribution in [0.1, 0.15) is 17.7 Å². The summed E-state index contributed by atoms with van der Waals surface area (Å²) in [5.41, 5.74) is 11.5. The highest BCUT2D eigenvalue weighted by molar-refractivity contribution is 7.13. The van der Waals surface area contributed by atoms with Crippen LogP contribution in [0.3, 0.4) is 0 Å². The molecule has 1 aromatic carbocycles. The molecular formula is C16H15N3OS. The molecule has 106 valence electrons. The second kappa shape index (κ2) is 4.70. The van der Waals surface area contributed by atoms with Crippen molar-refractivity contribution in [3.05, 3.63) is 34.8 Å². The van der Waals surface area contributed by atoms with E-state index in [0.29, 0.717) is 5.13 Å². The highest BCUT2D eigenvalue weighted by atomic mass is 32.1. The average Bonchev–Trinajstić information content (AvgIpc) is 3.12. The number of benzene rings is 1. The van der Waals surface area contributed by atoms with Gasteiger partial charge in [0.2, 0.25) is 0 Å². The standard InChI is InChI=1S/C16H15N3OS/c1-20-9-5-6-13-11(7-9)15(14-8-21-16(17)19-14)10-3-2-4-12(10)18-13/h5-8H,2-4H2,1H3,(H2,17,19). The first-order valence-corrected chi connectivity index (χ1v) is 7.85. The fourth-order valence-corrected chi connectivity index (χ4v) is 3.62. The van der Waals surface area contributed by atoms with E-state index in [9.17, 15) is 0 Å². The normalized spacial score (nSPS) is 13.6. The summed E-state index contributed by atoms with van der Waals surface area (Å²) in [5, 5.41) is 3.73. The lowest BCUT2D eigenvalue weighted by molar-refractivity contribution is 0.415. The summed E-state index contributed by atoms with van der Waals surface area (Å²) in [5.74, 6) is 0.840. The van der Waals surface area contributed by atoms with Gasteiger partial charge in [0.05, 0.1) is 18.3 Å². The number of aromatic nitrogens is 2. The van der Waals surface area contributed by atoms with Gasteiger partial charge in [-0.05, 0) is 43.0 Å². The molecule has 0 radical (unpaired) electrons. The average molecular weight is 297 g/mol. The lowest BCUT2D eigenvalue weighted by atomic mass is 9.99. The molecule has 5 heteroatoms. The van der Waals surface area contributed by atoms with Gasteiger partial charge in [-0.15, -0.1) is 11.3 Å². The van der Waals surface area contributed by atoms with E-state index >= 15 is 0 Å². The Hall–Kier alpha value is -2.14. The Morgan fingerprint density at radius 3 is 2.90 bits per heavy atom. The van der Waals surface area contributed by atoms with Crippen LogP contribution in [0, 0.1) is 0 Å². The topological polar surface area (TPSA) is 61.0 Å². The molecular weight excluding hydrogens is 282 g/mol.